The van der Waals surface area contributed by atoms with Gasteiger partial charge in [0.1, 0.15) is 11.5 Å². The molecule has 1 aliphatic rings. The van der Waals surface area contributed by atoms with Gasteiger partial charge in [-0.3, -0.25) is 9.13 Å². The van der Waals surface area contributed by atoms with Gasteiger partial charge in [-0.25, -0.2) is 4.98 Å². The van der Waals surface area contributed by atoms with Crippen LogP contribution in [0.2, 0.25) is 0 Å². The van der Waals surface area contributed by atoms with Crippen LogP contribution >= 0.6 is 0 Å². The van der Waals surface area contributed by atoms with Crippen LogP contribution in [0.5, 0.6) is 17.2 Å². The van der Waals surface area contributed by atoms with Crippen LogP contribution in [0.25, 0.3) is 83.4 Å². The van der Waals surface area contributed by atoms with Gasteiger partial charge in [0.05, 0.1) is 16.7 Å². The van der Waals surface area contributed by atoms with Crippen molar-refractivity contribution in [2.24, 2.45) is 0 Å². The minimum Gasteiger partial charge on any atom is -0.508 e. The fourth-order valence-electron chi connectivity index (χ4n) is 8.60. The summed E-state index contributed by atoms with van der Waals surface area (Å²) in [5.74, 6) is 1.59. The molecule has 1 aliphatic heterocycles. The van der Waals surface area contributed by atoms with E-state index in [0.29, 0.717) is 17.2 Å². The molecule has 0 amide bonds. The smallest absolute Gasteiger partial charge is 0.508 e. The SMILES string of the molecule is CC(C)(C)c1ccnc(-n2c3[c-]c(Oc4cccc(-n5[c-][n+]6c7c(cccc75)-c5ccccc5-c5ccccc5-c5ccccc5-6)c4O)ccc3c3ccccc32)c1.[Pt+2]. The maximum Gasteiger partial charge on any atom is 2.00 e. The molecule has 0 atom stereocenters. The van der Waals surface area contributed by atoms with Crippen LogP contribution in [0.3, 0.4) is 0 Å². The van der Waals surface area contributed by atoms with Gasteiger partial charge < -0.3 is 14.4 Å². The summed E-state index contributed by atoms with van der Waals surface area (Å²) in [7, 11) is 0. The zero-order valence-corrected chi connectivity index (χ0v) is 34.8. The van der Waals surface area contributed by atoms with Gasteiger partial charge in [-0.05, 0) is 86.1 Å². The molecule has 0 radical (unpaired) electrons. The Morgan fingerprint density at radius 2 is 1.25 bits per heavy atom. The van der Waals surface area contributed by atoms with Gasteiger partial charge in [-0.1, -0.05) is 135 Å². The number of hydrogen-bond donors (Lipinski definition) is 1. The average Bonchev–Trinajstić information content (AvgIpc) is 3.81. The number of pyridine rings is 1. The predicted molar refractivity (Wildman–Crippen MR) is 231 cm³/mol. The summed E-state index contributed by atoms with van der Waals surface area (Å²) < 4.78 is 12.8. The first-order chi connectivity index (χ1) is 28.3. The molecule has 0 aliphatic carbocycles. The van der Waals surface area contributed by atoms with E-state index < -0.39 is 0 Å². The van der Waals surface area contributed by atoms with Crippen molar-refractivity contribution < 1.29 is 35.5 Å². The van der Waals surface area contributed by atoms with E-state index in [1.165, 1.54) is 11.1 Å². The van der Waals surface area contributed by atoms with Gasteiger partial charge in [-0.15, -0.1) is 17.5 Å². The number of phenolic OH excluding ortho intramolecular Hbond substituents is 1. The Balaban J connectivity index is 0.00000420. The van der Waals surface area contributed by atoms with E-state index in [4.69, 9.17) is 9.72 Å². The minimum atomic E-state index is -0.0465. The number of ether oxygens (including phenoxy) is 1. The first kappa shape index (κ1) is 36.6. The first-order valence-corrected chi connectivity index (χ1v) is 19.5. The number of aromatic nitrogens is 4. The molecule has 59 heavy (non-hydrogen) atoms. The number of aromatic hydroxyl groups is 1. The number of nitrogens with zero attached hydrogens (tertiary/aromatic N) is 4. The Kier molecular flexibility index (Phi) is 8.66. The van der Waals surface area contributed by atoms with E-state index in [1.54, 1.807) is 6.07 Å². The summed E-state index contributed by atoms with van der Waals surface area (Å²) in [5.41, 5.74) is 13.2. The van der Waals surface area contributed by atoms with Gasteiger partial charge in [0, 0.05) is 17.5 Å². The van der Waals surface area contributed by atoms with Crippen molar-refractivity contribution in [3.05, 3.63) is 182 Å². The molecule has 286 valence electrons. The Morgan fingerprint density at radius 1 is 0.627 bits per heavy atom. The maximum atomic E-state index is 12.1. The second kappa shape index (κ2) is 14.0. The van der Waals surface area contributed by atoms with Crippen molar-refractivity contribution in [1.29, 1.82) is 0 Å². The van der Waals surface area contributed by atoms with Crippen molar-refractivity contribution in [3.8, 4) is 67.8 Å². The van der Waals surface area contributed by atoms with Crippen LogP contribution in [0.15, 0.2) is 164 Å². The van der Waals surface area contributed by atoms with Crippen molar-refractivity contribution in [2.75, 3.05) is 0 Å². The molecular formula is C52H37N4O2Pt+. The summed E-state index contributed by atoms with van der Waals surface area (Å²) in [6.07, 6.45) is 5.54. The molecule has 0 fully saturated rings. The fourth-order valence-corrected chi connectivity index (χ4v) is 8.60. The molecule has 7 aromatic carbocycles. The summed E-state index contributed by atoms with van der Waals surface area (Å²) in [5, 5.41) is 14.3. The van der Waals surface area contributed by atoms with E-state index >= 15 is 0 Å². The molecule has 1 N–H and O–H groups in total. The quantitative estimate of drug-likeness (QED) is 0.141. The van der Waals surface area contributed by atoms with E-state index in [9.17, 15) is 5.11 Å². The second-order valence-electron chi connectivity index (χ2n) is 15.9. The first-order valence-electron chi connectivity index (χ1n) is 19.5. The zero-order valence-electron chi connectivity index (χ0n) is 32.5. The van der Waals surface area contributed by atoms with Crippen molar-refractivity contribution in [3.63, 3.8) is 0 Å². The van der Waals surface area contributed by atoms with E-state index in [2.05, 4.69) is 170 Å². The van der Waals surface area contributed by atoms with Gasteiger partial charge in [0.15, 0.2) is 11.5 Å². The molecule has 6 nitrogen and oxygen atoms in total. The zero-order chi connectivity index (χ0) is 39.1. The molecule has 7 heteroatoms. The number of phenols is 1. The fraction of sp³-hybridized carbons (Fsp3) is 0.0769. The Bertz CT molecular complexity index is 3280. The predicted octanol–water partition coefficient (Wildman–Crippen LogP) is 12.1. The van der Waals surface area contributed by atoms with Crippen molar-refractivity contribution in [1.82, 2.24) is 14.1 Å². The molecule has 3 aromatic heterocycles. The van der Waals surface area contributed by atoms with E-state index in [1.807, 2.05) is 35.0 Å². The third-order valence-corrected chi connectivity index (χ3v) is 11.4. The Hall–Kier alpha value is -6.75. The van der Waals surface area contributed by atoms with Gasteiger partial charge in [-0.2, -0.15) is 6.07 Å². The van der Waals surface area contributed by atoms with Crippen LogP contribution < -0.4 is 9.30 Å². The minimum absolute atomic E-state index is 0. The Labute approximate surface area is 356 Å². The summed E-state index contributed by atoms with van der Waals surface area (Å²) in [6, 6.07) is 57.6. The summed E-state index contributed by atoms with van der Waals surface area (Å²) in [4.78, 5) is 4.82. The van der Waals surface area contributed by atoms with Crippen LogP contribution in [-0.4, -0.2) is 19.2 Å². The molecule has 0 bridgehead atoms. The molecule has 11 rings (SSSR count). The maximum absolute atomic E-state index is 12.1. The molecule has 0 unspecified atom stereocenters. The number of benzene rings is 7. The molecular weight excluding hydrogens is 908 g/mol. The van der Waals surface area contributed by atoms with Crippen LogP contribution in [0, 0.1) is 12.4 Å². The molecule has 10 aromatic rings. The van der Waals surface area contributed by atoms with Gasteiger partial charge in [0.25, 0.3) is 6.33 Å². The number of imidazole rings is 1. The Morgan fingerprint density at radius 3 is 2.02 bits per heavy atom. The van der Waals surface area contributed by atoms with Crippen LogP contribution in [0.1, 0.15) is 26.3 Å². The normalized spacial score (nSPS) is 11.9. The third-order valence-electron chi connectivity index (χ3n) is 11.4. The van der Waals surface area contributed by atoms with Gasteiger partial charge >= 0.3 is 21.1 Å². The van der Waals surface area contributed by atoms with Crippen LogP contribution in [0.4, 0.5) is 0 Å². The molecule has 0 saturated heterocycles. The molecule has 0 spiro atoms. The van der Waals surface area contributed by atoms with Crippen molar-refractivity contribution in [2.45, 2.75) is 26.2 Å². The van der Waals surface area contributed by atoms with E-state index in [0.717, 1.165) is 72.2 Å². The largest absolute Gasteiger partial charge is 2.00 e. The van der Waals surface area contributed by atoms with Crippen LogP contribution in [-0.2, 0) is 26.5 Å². The molecule has 0 saturated carbocycles. The number of rotatable bonds is 4. The van der Waals surface area contributed by atoms with Crippen molar-refractivity contribution >= 4 is 32.8 Å². The monoisotopic (exact) mass is 944 g/mol. The topological polar surface area (TPSA) is 56.1 Å². The molecule has 4 heterocycles. The number of para-hydroxylation sites is 4. The van der Waals surface area contributed by atoms with Gasteiger partial charge in [0.2, 0.25) is 0 Å². The summed E-state index contributed by atoms with van der Waals surface area (Å²) in [6.45, 7) is 6.62. The average molecular weight is 945 g/mol. The summed E-state index contributed by atoms with van der Waals surface area (Å²) >= 11 is 0. The number of fused-ring (bicyclic) bond motifs is 10. The second-order valence-corrected chi connectivity index (χ2v) is 15.9. The number of hydrogen-bond acceptors (Lipinski definition) is 3. The van der Waals surface area contributed by atoms with E-state index in [-0.39, 0.29) is 32.2 Å². The standard InChI is InChI=1S/C52H37N4O2.Pt/c1-52(2,3)33-28-29-53-49(30-33)56-44-22-11-9-19-40(44)41-27-26-34(31-47(41)56)58-48-25-13-24-46(51(48)57)54-32-55-43-21-10-8-18-39(43)37-16-6-4-14-35(37)36-15-5-7-17-38(36)42-20-12-23-45(54)50(42)55;/h4-30,57H,1-3H3;/q-1;+2. The third kappa shape index (κ3) is 5.81.